The van der Waals surface area contributed by atoms with Gasteiger partial charge in [0.1, 0.15) is 5.75 Å². The highest BCUT2D eigenvalue weighted by Gasteiger charge is 2.55. The van der Waals surface area contributed by atoms with Crippen molar-refractivity contribution in [1.29, 1.82) is 0 Å². The summed E-state index contributed by atoms with van der Waals surface area (Å²) in [5, 5.41) is 3.36. The van der Waals surface area contributed by atoms with Gasteiger partial charge in [0.15, 0.2) is 0 Å². The molecule has 2 heterocycles. The Balaban J connectivity index is 1.15. The minimum atomic E-state index is -4.67. The van der Waals surface area contributed by atoms with Gasteiger partial charge >= 0.3 is 6.36 Å². The van der Waals surface area contributed by atoms with Gasteiger partial charge in [-0.15, -0.1) is 13.2 Å². The number of piperidine rings is 2. The van der Waals surface area contributed by atoms with E-state index in [1.54, 1.807) is 12.1 Å². The normalized spacial score (nSPS) is 29.0. The number of hydrogen-bond donors (Lipinski definition) is 1. The third-order valence-corrected chi connectivity index (χ3v) is 6.66. The van der Waals surface area contributed by atoms with E-state index in [0.717, 1.165) is 44.7 Å². The Kier molecular flexibility index (Phi) is 6.25. The number of carbonyl (C=O) groups excluding carboxylic acids is 1. The number of nitrogens with zero attached hydrogens (tertiary/aromatic N) is 2. The molecule has 5 nitrogen and oxygen atoms in total. The van der Waals surface area contributed by atoms with Crippen molar-refractivity contribution in [2.45, 2.75) is 32.7 Å². The lowest BCUT2D eigenvalue weighted by atomic mass is 10.0. The Morgan fingerprint density at radius 1 is 1.23 bits per heavy atom. The highest BCUT2D eigenvalue weighted by atomic mass is 19.4. The lowest BCUT2D eigenvalue weighted by molar-refractivity contribution is -0.274. The van der Waals surface area contributed by atoms with Gasteiger partial charge in [-0.3, -0.25) is 9.69 Å². The number of halogens is 3. The number of benzene rings is 1. The second-order valence-corrected chi connectivity index (χ2v) is 9.10. The van der Waals surface area contributed by atoms with E-state index in [9.17, 15) is 18.0 Å². The Hall–Kier alpha value is -1.80. The number of likely N-dealkylation sites (tertiary alicyclic amines) is 2. The molecule has 1 aromatic rings. The van der Waals surface area contributed by atoms with Crippen LogP contribution in [0.4, 0.5) is 13.2 Å². The van der Waals surface area contributed by atoms with Crippen molar-refractivity contribution in [2.75, 3.05) is 39.3 Å². The fourth-order valence-electron chi connectivity index (χ4n) is 5.11. The van der Waals surface area contributed by atoms with Gasteiger partial charge in [-0.2, -0.15) is 0 Å². The maximum Gasteiger partial charge on any atom is 0.573 e. The summed E-state index contributed by atoms with van der Waals surface area (Å²) in [4.78, 5) is 16.8. The number of alkyl halides is 3. The first kappa shape index (κ1) is 21.4. The SMILES string of the molecule is CC1CCCN(C(=O)CN2CC3C(CNCc4cccc(OC(F)(F)F)c4)C3C2)C1. The lowest BCUT2D eigenvalue weighted by Crippen LogP contribution is -2.44. The highest BCUT2D eigenvalue weighted by Crippen LogP contribution is 2.51. The molecule has 166 valence electrons. The van der Waals surface area contributed by atoms with Gasteiger partial charge in [0.05, 0.1) is 6.54 Å². The predicted octanol–water partition coefficient (Wildman–Crippen LogP) is 3.11. The minimum absolute atomic E-state index is 0.187. The van der Waals surface area contributed by atoms with Crippen LogP contribution in [0.1, 0.15) is 25.3 Å². The van der Waals surface area contributed by atoms with E-state index in [4.69, 9.17) is 0 Å². The fraction of sp³-hybridized carbons (Fsp3) is 0.682. The quantitative estimate of drug-likeness (QED) is 0.729. The third-order valence-electron chi connectivity index (χ3n) is 6.66. The molecule has 2 saturated heterocycles. The van der Waals surface area contributed by atoms with Crippen LogP contribution < -0.4 is 10.1 Å². The van der Waals surface area contributed by atoms with Crippen molar-refractivity contribution < 1.29 is 22.7 Å². The maximum atomic E-state index is 12.5. The molecule has 8 heteroatoms. The number of nitrogens with one attached hydrogen (secondary N) is 1. The van der Waals surface area contributed by atoms with Crippen LogP contribution >= 0.6 is 0 Å². The first-order valence-corrected chi connectivity index (χ1v) is 10.8. The molecule has 3 atom stereocenters. The van der Waals surface area contributed by atoms with Crippen LogP contribution in [-0.4, -0.2) is 61.3 Å². The number of fused-ring (bicyclic) bond motifs is 1. The van der Waals surface area contributed by atoms with Crippen molar-refractivity contribution in [2.24, 2.45) is 23.7 Å². The van der Waals surface area contributed by atoms with Crippen molar-refractivity contribution in [3.63, 3.8) is 0 Å². The van der Waals surface area contributed by atoms with Gasteiger partial charge in [-0.1, -0.05) is 19.1 Å². The standard InChI is InChI=1S/C22H30F3N3O2/c1-15-4-3-7-28(11-15)21(29)14-27-12-19-18(20(19)13-27)10-26-9-16-5-2-6-17(8-16)30-22(23,24)25/h2,5-6,8,15,18-20,26H,3-4,7,9-14H2,1H3. The van der Waals surface area contributed by atoms with Crippen molar-refractivity contribution in [1.82, 2.24) is 15.1 Å². The van der Waals surface area contributed by atoms with Crippen LogP contribution in [0.3, 0.4) is 0 Å². The monoisotopic (exact) mass is 425 g/mol. The molecule has 1 N–H and O–H groups in total. The van der Waals surface area contributed by atoms with E-state index in [1.165, 1.54) is 18.6 Å². The number of ether oxygens (including phenoxy) is 1. The largest absolute Gasteiger partial charge is 0.573 e. The van der Waals surface area contributed by atoms with Gasteiger partial charge in [-0.25, -0.2) is 0 Å². The molecule has 3 aliphatic rings. The molecule has 0 radical (unpaired) electrons. The molecular weight excluding hydrogens is 395 g/mol. The Labute approximate surface area is 175 Å². The molecule has 0 aromatic heterocycles. The summed E-state index contributed by atoms with van der Waals surface area (Å²) in [5.41, 5.74) is 0.769. The molecule has 1 amide bonds. The van der Waals surface area contributed by atoms with Crippen LogP contribution in [-0.2, 0) is 11.3 Å². The zero-order valence-corrected chi connectivity index (χ0v) is 17.3. The average Bonchev–Trinajstić information content (AvgIpc) is 3.12. The average molecular weight is 425 g/mol. The molecule has 1 aromatic carbocycles. The molecule has 30 heavy (non-hydrogen) atoms. The van der Waals surface area contributed by atoms with E-state index >= 15 is 0 Å². The number of hydrogen-bond acceptors (Lipinski definition) is 4. The molecule has 3 fully saturated rings. The zero-order valence-electron chi connectivity index (χ0n) is 17.3. The Morgan fingerprint density at radius 2 is 2.00 bits per heavy atom. The molecule has 1 aliphatic carbocycles. The summed E-state index contributed by atoms with van der Waals surface area (Å²) in [6, 6.07) is 6.09. The van der Waals surface area contributed by atoms with Gasteiger partial charge in [0.25, 0.3) is 0 Å². The van der Waals surface area contributed by atoms with E-state index < -0.39 is 6.36 Å². The first-order chi connectivity index (χ1) is 14.3. The van der Waals surface area contributed by atoms with Crippen LogP contribution in [0.2, 0.25) is 0 Å². The topological polar surface area (TPSA) is 44.8 Å². The lowest BCUT2D eigenvalue weighted by Gasteiger charge is -2.32. The van der Waals surface area contributed by atoms with Gasteiger partial charge in [0, 0.05) is 32.7 Å². The molecular formula is C22H30F3N3O2. The first-order valence-electron chi connectivity index (χ1n) is 10.8. The van der Waals surface area contributed by atoms with Crippen molar-refractivity contribution in [3.05, 3.63) is 29.8 Å². The maximum absolute atomic E-state index is 12.5. The predicted molar refractivity (Wildman–Crippen MR) is 107 cm³/mol. The van der Waals surface area contributed by atoms with Crippen LogP contribution in [0, 0.1) is 23.7 Å². The third kappa shape index (κ3) is 5.46. The second-order valence-electron chi connectivity index (χ2n) is 9.10. The summed E-state index contributed by atoms with van der Waals surface area (Å²) in [6.07, 6.45) is -2.35. The van der Waals surface area contributed by atoms with Crippen LogP contribution in [0.5, 0.6) is 5.75 Å². The smallest absolute Gasteiger partial charge is 0.406 e. The number of amides is 1. The fourth-order valence-corrected chi connectivity index (χ4v) is 5.11. The van der Waals surface area contributed by atoms with Crippen molar-refractivity contribution >= 4 is 5.91 Å². The van der Waals surface area contributed by atoms with Crippen LogP contribution in [0.25, 0.3) is 0 Å². The molecule has 1 saturated carbocycles. The Morgan fingerprint density at radius 3 is 2.70 bits per heavy atom. The van der Waals surface area contributed by atoms with Crippen molar-refractivity contribution in [3.8, 4) is 5.75 Å². The number of carbonyl (C=O) groups is 1. The summed E-state index contributed by atoms with van der Waals surface area (Å²) in [6.45, 7) is 7.84. The highest BCUT2D eigenvalue weighted by molar-refractivity contribution is 5.78. The van der Waals surface area contributed by atoms with Crippen LogP contribution in [0.15, 0.2) is 24.3 Å². The summed E-state index contributed by atoms with van der Waals surface area (Å²) >= 11 is 0. The van der Waals surface area contributed by atoms with Gasteiger partial charge in [-0.05, 0) is 60.8 Å². The van der Waals surface area contributed by atoms with Gasteiger partial charge in [0.2, 0.25) is 5.91 Å². The van der Waals surface area contributed by atoms with E-state index in [-0.39, 0.29) is 11.7 Å². The zero-order chi connectivity index (χ0) is 21.3. The summed E-state index contributed by atoms with van der Waals surface area (Å²) in [5.74, 6) is 2.54. The molecule has 3 unspecified atom stereocenters. The minimum Gasteiger partial charge on any atom is -0.406 e. The Bertz CT molecular complexity index is 745. The molecule has 0 bridgehead atoms. The molecule has 2 aliphatic heterocycles. The molecule has 4 rings (SSSR count). The molecule has 0 spiro atoms. The van der Waals surface area contributed by atoms with E-state index in [1.807, 2.05) is 4.90 Å². The summed E-state index contributed by atoms with van der Waals surface area (Å²) in [7, 11) is 0. The van der Waals surface area contributed by atoms with Gasteiger partial charge < -0.3 is 15.0 Å². The van der Waals surface area contributed by atoms with E-state index in [0.29, 0.717) is 36.8 Å². The number of rotatable bonds is 7. The summed E-state index contributed by atoms with van der Waals surface area (Å²) < 4.78 is 41.0. The van der Waals surface area contributed by atoms with E-state index in [2.05, 4.69) is 21.9 Å². The second kappa shape index (κ2) is 8.75.